The Balaban J connectivity index is 1.82. The normalized spacial score (nSPS) is 17.1. The number of fused-ring (bicyclic) bond motifs is 1. The molecule has 0 spiro atoms. The van der Waals surface area contributed by atoms with Crippen molar-refractivity contribution in [1.82, 2.24) is 4.90 Å². The van der Waals surface area contributed by atoms with E-state index in [1.54, 1.807) is 0 Å². The van der Waals surface area contributed by atoms with Crippen LogP contribution in [0.5, 0.6) is 0 Å². The number of rotatable bonds is 5. The summed E-state index contributed by atoms with van der Waals surface area (Å²) in [5, 5.41) is 0. The van der Waals surface area contributed by atoms with Gasteiger partial charge in [0.15, 0.2) is 0 Å². The summed E-state index contributed by atoms with van der Waals surface area (Å²) in [6.45, 7) is 4.37. The van der Waals surface area contributed by atoms with Crippen LogP contribution in [0, 0.1) is 0 Å². The first kappa shape index (κ1) is 14.2. The van der Waals surface area contributed by atoms with Crippen LogP contribution in [0.3, 0.4) is 0 Å². The summed E-state index contributed by atoms with van der Waals surface area (Å²) in [6, 6.07) is 17.8. The molecule has 3 rings (SSSR count). The summed E-state index contributed by atoms with van der Waals surface area (Å²) in [5.41, 5.74) is 11.1. The second-order valence-corrected chi connectivity index (χ2v) is 5.97. The Hall–Kier alpha value is -1.80. The molecule has 1 aliphatic carbocycles. The zero-order valence-corrected chi connectivity index (χ0v) is 12.8. The van der Waals surface area contributed by atoms with Crippen molar-refractivity contribution >= 4 is 5.69 Å². The van der Waals surface area contributed by atoms with Crippen molar-refractivity contribution in [2.45, 2.75) is 38.8 Å². The summed E-state index contributed by atoms with van der Waals surface area (Å²) in [6.07, 6.45) is 3.63. The molecule has 0 fully saturated rings. The minimum absolute atomic E-state index is 0.558. The lowest BCUT2D eigenvalue weighted by Gasteiger charge is -2.29. The fourth-order valence-corrected chi connectivity index (χ4v) is 3.47. The van der Waals surface area contributed by atoms with Crippen molar-refractivity contribution < 1.29 is 0 Å². The van der Waals surface area contributed by atoms with Gasteiger partial charge in [0, 0.05) is 18.3 Å². The van der Waals surface area contributed by atoms with Crippen molar-refractivity contribution in [3.8, 4) is 0 Å². The average Bonchev–Trinajstić information content (AvgIpc) is 2.91. The lowest BCUT2D eigenvalue weighted by Crippen LogP contribution is -2.28. The fourth-order valence-electron chi connectivity index (χ4n) is 3.47. The van der Waals surface area contributed by atoms with Gasteiger partial charge < -0.3 is 5.73 Å². The van der Waals surface area contributed by atoms with Gasteiger partial charge in [0.05, 0.1) is 0 Å². The van der Waals surface area contributed by atoms with Gasteiger partial charge in [-0.05, 0) is 54.6 Å². The largest absolute Gasteiger partial charge is 0.399 e. The van der Waals surface area contributed by atoms with E-state index in [0.29, 0.717) is 6.04 Å². The molecule has 2 N–H and O–H groups in total. The van der Waals surface area contributed by atoms with Crippen molar-refractivity contribution in [3.63, 3.8) is 0 Å². The van der Waals surface area contributed by atoms with Crippen molar-refractivity contribution in [3.05, 3.63) is 65.2 Å². The van der Waals surface area contributed by atoms with Crippen LogP contribution >= 0.6 is 0 Å². The summed E-state index contributed by atoms with van der Waals surface area (Å²) in [5.74, 6) is 0. The molecule has 0 radical (unpaired) electrons. The van der Waals surface area contributed by atoms with E-state index in [4.69, 9.17) is 5.73 Å². The molecule has 0 heterocycles. The number of aryl methyl sites for hydroxylation is 1. The Morgan fingerprint density at radius 1 is 1.14 bits per heavy atom. The molecular formula is C19H24N2. The molecule has 0 saturated carbocycles. The second-order valence-electron chi connectivity index (χ2n) is 5.97. The average molecular weight is 280 g/mol. The molecule has 1 aliphatic rings. The van der Waals surface area contributed by atoms with Gasteiger partial charge in [-0.2, -0.15) is 0 Å². The molecule has 2 aromatic rings. The zero-order chi connectivity index (χ0) is 14.7. The summed E-state index contributed by atoms with van der Waals surface area (Å²) < 4.78 is 0. The third-order valence-electron chi connectivity index (χ3n) is 4.39. The molecule has 110 valence electrons. The van der Waals surface area contributed by atoms with E-state index in [1.165, 1.54) is 36.0 Å². The van der Waals surface area contributed by atoms with Gasteiger partial charge in [-0.15, -0.1) is 0 Å². The van der Waals surface area contributed by atoms with Crippen molar-refractivity contribution in [2.75, 3.05) is 12.3 Å². The molecule has 0 aliphatic heterocycles. The van der Waals surface area contributed by atoms with Gasteiger partial charge in [0.2, 0.25) is 0 Å². The van der Waals surface area contributed by atoms with Gasteiger partial charge in [-0.25, -0.2) is 0 Å². The number of nitrogens with two attached hydrogens (primary N) is 1. The van der Waals surface area contributed by atoms with Crippen LogP contribution < -0.4 is 5.73 Å². The third-order valence-corrected chi connectivity index (χ3v) is 4.39. The molecular weight excluding hydrogens is 256 g/mol. The van der Waals surface area contributed by atoms with E-state index < -0.39 is 0 Å². The number of nitrogens with zero attached hydrogens (tertiary/aromatic N) is 1. The minimum Gasteiger partial charge on any atom is -0.399 e. The van der Waals surface area contributed by atoms with E-state index in [1.807, 2.05) is 6.07 Å². The molecule has 2 nitrogen and oxygen atoms in total. The topological polar surface area (TPSA) is 29.3 Å². The molecule has 21 heavy (non-hydrogen) atoms. The maximum absolute atomic E-state index is 5.92. The highest BCUT2D eigenvalue weighted by Gasteiger charge is 2.27. The highest BCUT2D eigenvalue weighted by molar-refractivity contribution is 5.41. The van der Waals surface area contributed by atoms with Gasteiger partial charge in [0.25, 0.3) is 0 Å². The maximum Gasteiger partial charge on any atom is 0.0357 e. The lowest BCUT2D eigenvalue weighted by molar-refractivity contribution is 0.188. The molecule has 2 heteroatoms. The monoisotopic (exact) mass is 280 g/mol. The highest BCUT2D eigenvalue weighted by Crippen LogP contribution is 2.36. The number of nitrogen functional groups attached to an aromatic ring is 1. The number of benzene rings is 2. The predicted octanol–water partition coefficient (Wildman–Crippen LogP) is 4.17. The van der Waals surface area contributed by atoms with Crippen LogP contribution in [0.15, 0.2) is 48.5 Å². The minimum atomic E-state index is 0.558. The summed E-state index contributed by atoms with van der Waals surface area (Å²) in [7, 11) is 0. The SMILES string of the molecule is CCCN(Cc1cccc(N)c1)C1CCc2ccccc21. The maximum atomic E-state index is 5.92. The van der Waals surface area contributed by atoms with E-state index in [2.05, 4.69) is 54.3 Å². The van der Waals surface area contributed by atoms with E-state index in [-0.39, 0.29) is 0 Å². The van der Waals surface area contributed by atoms with Crippen LogP contribution in [-0.2, 0) is 13.0 Å². The summed E-state index contributed by atoms with van der Waals surface area (Å²) >= 11 is 0. The first-order valence-corrected chi connectivity index (χ1v) is 7.94. The Bertz CT molecular complexity index is 606. The molecule has 1 unspecified atom stereocenters. The molecule has 0 saturated heterocycles. The van der Waals surface area contributed by atoms with Gasteiger partial charge in [0.1, 0.15) is 0 Å². The molecule has 1 atom stereocenters. The highest BCUT2D eigenvalue weighted by atomic mass is 15.2. The Morgan fingerprint density at radius 2 is 2.00 bits per heavy atom. The standard InChI is InChI=1S/C19H24N2/c1-2-12-21(14-15-6-5-8-17(20)13-15)19-11-10-16-7-3-4-9-18(16)19/h3-9,13,19H,2,10-12,14,20H2,1H3. The predicted molar refractivity (Wildman–Crippen MR) is 89.1 cm³/mol. The van der Waals surface area contributed by atoms with Gasteiger partial charge >= 0.3 is 0 Å². The van der Waals surface area contributed by atoms with Crippen LogP contribution in [0.1, 0.15) is 42.5 Å². The van der Waals surface area contributed by atoms with Crippen LogP contribution in [-0.4, -0.2) is 11.4 Å². The summed E-state index contributed by atoms with van der Waals surface area (Å²) in [4.78, 5) is 2.61. The van der Waals surface area contributed by atoms with E-state index >= 15 is 0 Å². The molecule has 0 aromatic heterocycles. The fraction of sp³-hybridized carbons (Fsp3) is 0.368. The smallest absolute Gasteiger partial charge is 0.0357 e. The number of hydrogen-bond acceptors (Lipinski definition) is 2. The van der Waals surface area contributed by atoms with Crippen LogP contribution in [0.4, 0.5) is 5.69 Å². The Labute approximate surface area is 127 Å². The number of anilines is 1. The number of hydrogen-bond donors (Lipinski definition) is 1. The zero-order valence-electron chi connectivity index (χ0n) is 12.8. The van der Waals surface area contributed by atoms with Crippen molar-refractivity contribution in [1.29, 1.82) is 0 Å². The Kier molecular flexibility index (Phi) is 4.26. The van der Waals surface area contributed by atoms with E-state index in [0.717, 1.165) is 18.8 Å². The van der Waals surface area contributed by atoms with Crippen LogP contribution in [0.25, 0.3) is 0 Å². The second kappa shape index (κ2) is 6.31. The first-order chi connectivity index (χ1) is 10.3. The quantitative estimate of drug-likeness (QED) is 0.833. The van der Waals surface area contributed by atoms with Crippen LogP contribution in [0.2, 0.25) is 0 Å². The third kappa shape index (κ3) is 3.11. The first-order valence-electron chi connectivity index (χ1n) is 7.94. The Morgan fingerprint density at radius 3 is 2.81 bits per heavy atom. The lowest BCUT2D eigenvalue weighted by atomic mass is 10.1. The van der Waals surface area contributed by atoms with Gasteiger partial charge in [-0.1, -0.05) is 43.3 Å². The molecule has 2 aromatic carbocycles. The molecule has 0 amide bonds. The van der Waals surface area contributed by atoms with Gasteiger partial charge in [-0.3, -0.25) is 4.90 Å². The molecule has 0 bridgehead atoms. The van der Waals surface area contributed by atoms with Crippen molar-refractivity contribution in [2.24, 2.45) is 0 Å². The van der Waals surface area contributed by atoms with E-state index in [9.17, 15) is 0 Å².